The molecule has 0 saturated carbocycles. The third kappa shape index (κ3) is 5.11. The summed E-state index contributed by atoms with van der Waals surface area (Å²) in [6.07, 6.45) is 1.64. The Morgan fingerprint density at radius 2 is 1.69 bits per heavy atom. The molecule has 0 fully saturated rings. The molecule has 0 bridgehead atoms. The van der Waals surface area contributed by atoms with Crippen LogP contribution in [0.3, 0.4) is 0 Å². The van der Waals surface area contributed by atoms with Crippen molar-refractivity contribution in [1.82, 2.24) is 4.98 Å². The van der Waals surface area contributed by atoms with Crippen molar-refractivity contribution in [2.24, 2.45) is 5.14 Å². The zero-order valence-corrected chi connectivity index (χ0v) is 18.1. The number of hydrogen-bond donors (Lipinski definition) is 2. The van der Waals surface area contributed by atoms with Crippen LogP contribution in [-0.2, 0) is 15.8 Å². The number of nitrogens with two attached hydrogens (primary N) is 1. The lowest BCUT2D eigenvalue weighted by Crippen LogP contribution is -2.15. The Hall–Kier alpha value is -3.75. The van der Waals surface area contributed by atoms with Gasteiger partial charge in [0.05, 0.1) is 17.5 Å². The van der Waals surface area contributed by atoms with Crippen molar-refractivity contribution in [2.75, 3.05) is 5.32 Å². The molecule has 8 heteroatoms. The first kappa shape index (κ1) is 21.5. The number of amides is 1. The summed E-state index contributed by atoms with van der Waals surface area (Å²) in [5.41, 5.74) is 4.07. The molecule has 7 nitrogen and oxygen atoms in total. The van der Waals surface area contributed by atoms with Crippen LogP contribution in [0.1, 0.15) is 21.5 Å². The summed E-state index contributed by atoms with van der Waals surface area (Å²) in [6.45, 7) is 2.01. The van der Waals surface area contributed by atoms with Gasteiger partial charge in [0.25, 0.3) is 5.91 Å². The number of aromatic nitrogens is 1. The van der Waals surface area contributed by atoms with E-state index in [2.05, 4.69) is 10.3 Å². The Kier molecular flexibility index (Phi) is 5.89. The molecule has 3 aromatic carbocycles. The van der Waals surface area contributed by atoms with Gasteiger partial charge in [0.2, 0.25) is 15.9 Å². The van der Waals surface area contributed by atoms with Gasteiger partial charge >= 0.3 is 0 Å². The van der Waals surface area contributed by atoms with Crippen LogP contribution >= 0.6 is 0 Å². The van der Waals surface area contributed by atoms with Crippen LogP contribution in [0.5, 0.6) is 0 Å². The van der Waals surface area contributed by atoms with Gasteiger partial charge < -0.3 is 9.73 Å². The predicted octanol–water partition coefficient (Wildman–Crippen LogP) is 4.36. The van der Waals surface area contributed by atoms with Gasteiger partial charge in [-0.2, -0.15) is 0 Å². The van der Waals surface area contributed by atoms with Crippen molar-refractivity contribution in [3.63, 3.8) is 0 Å². The first-order valence-electron chi connectivity index (χ1n) is 9.81. The van der Waals surface area contributed by atoms with Gasteiger partial charge in [-0.15, -0.1) is 0 Å². The number of aryl methyl sites for hydroxylation is 1. The number of oxazole rings is 1. The van der Waals surface area contributed by atoms with Gasteiger partial charge in [-0.3, -0.25) is 4.79 Å². The van der Waals surface area contributed by atoms with Crippen LogP contribution in [0.15, 0.2) is 83.4 Å². The minimum absolute atomic E-state index is 0.266. The fourth-order valence-corrected chi connectivity index (χ4v) is 3.89. The number of rotatable bonds is 6. The van der Waals surface area contributed by atoms with E-state index in [1.54, 1.807) is 48.7 Å². The lowest BCUT2D eigenvalue weighted by molar-refractivity contribution is 0.102. The molecule has 4 rings (SSSR count). The van der Waals surface area contributed by atoms with Crippen LogP contribution in [0.2, 0.25) is 0 Å². The predicted molar refractivity (Wildman–Crippen MR) is 123 cm³/mol. The average molecular weight is 448 g/mol. The first-order valence-corrected chi connectivity index (χ1v) is 11.5. The molecule has 3 N–H and O–H groups in total. The number of hydrogen-bond acceptors (Lipinski definition) is 5. The van der Waals surface area contributed by atoms with E-state index in [0.29, 0.717) is 34.0 Å². The van der Waals surface area contributed by atoms with Gasteiger partial charge in [-0.1, -0.05) is 54.1 Å². The molecule has 162 valence electrons. The second-order valence-corrected chi connectivity index (χ2v) is 9.01. The Bertz CT molecular complexity index is 1360. The molecule has 1 amide bonds. The Morgan fingerprint density at radius 1 is 1.00 bits per heavy atom. The summed E-state index contributed by atoms with van der Waals surface area (Å²) in [6, 6.07) is 21.4. The molecule has 0 aliphatic rings. The monoisotopic (exact) mass is 447 g/mol. The highest BCUT2D eigenvalue weighted by molar-refractivity contribution is 7.88. The summed E-state index contributed by atoms with van der Waals surface area (Å²) in [4.78, 5) is 17.3. The van der Waals surface area contributed by atoms with E-state index in [9.17, 15) is 13.2 Å². The van der Waals surface area contributed by atoms with E-state index >= 15 is 0 Å². The number of carbonyl (C=O) groups is 1. The molecule has 32 heavy (non-hydrogen) atoms. The van der Waals surface area contributed by atoms with Crippen LogP contribution < -0.4 is 10.5 Å². The van der Waals surface area contributed by atoms with Crippen molar-refractivity contribution >= 4 is 21.6 Å². The molecule has 1 heterocycles. The number of nitrogens with one attached hydrogen (secondary N) is 1. The number of sulfonamides is 1. The fourth-order valence-electron chi connectivity index (χ4n) is 3.23. The Morgan fingerprint density at radius 3 is 2.38 bits per heavy atom. The van der Waals surface area contributed by atoms with Crippen LogP contribution in [0.25, 0.3) is 22.8 Å². The number of nitrogens with zero attached hydrogens (tertiary/aromatic N) is 1. The van der Waals surface area contributed by atoms with E-state index in [1.807, 2.05) is 37.3 Å². The number of anilines is 1. The molecule has 0 spiro atoms. The van der Waals surface area contributed by atoms with Gasteiger partial charge in [0, 0.05) is 16.8 Å². The summed E-state index contributed by atoms with van der Waals surface area (Å²) in [5.74, 6) is 0.350. The molecule has 4 aromatic rings. The van der Waals surface area contributed by atoms with Crippen molar-refractivity contribution < 1.29 is 17.6 Å². The summed E-state index contributed by atoms with van der Waals surface area (Å²) in [7, 11) is -3.62. The smallest absolute Gasteiger partial charge is 0.256 e. The summed E-state index contributed by atoms with van der Waals surface area (Å²) in [5, 5.41) is 7.88. The van der Waals surface area contributed by atoms with Gasteiger partial charge in [-0.05, 0) is 36.8 Å². The molecule has 0 unspecified atom stereocenters. The molecule has 0 saturated heterocycles. The van der Waals surface area contributed by atoms with Crippen molar-refractivity contribution in [3.05, 3.63) is 95.7 Å². The second kappa shape index (κ2) is 8.78. The number of carbonyl (C=O) groups excluding carboxylic acids is 1. The van der Waals surface area contributed by atoms with E-state index in [4.69, 9.17) is 9.56 Å². The Labute approximate surface area is 186 Å². The number of benzene rings is 3. The zero-order valence-electron chi connectivity index (χ0n) is 17.3. The quantitative estimate of drug-likeness (QED) is 0.456. The second-order valence-electron chi connectivity index (χ2n) is 7.40. The molecule has 0 radical (unpaired) electrons. The number of primary sulfonamides is 1. The summed E-state index contributed by atoms with van der Waals surface area (Å²) < 4.78 is 28.4. The molecule has 1 aromatic heterocycles. The minimum atomic E-state index is -3.62. The summed E-state index contributed by atoms with van der Waals surface area (Å²) >= 11 is 0. The third-order valence-electron chi connectivity index (χ3n) is 4.82. The Balaban J connectivity index is 1.56. The first-order chi connectivity index (χ1) is 15.3. The zero-order chi connectivity index (χ0) is 22.7. The lowest BCUT2D eigenvalue weighted by Gasteiger charge is -2.09. The van der Waals surface area contributed by atoms with E-state index in [1.165, 1.54) is 0 Å². The van der Waals surface area contributed by atoms with Crippen LogP contribution in [-0.4, -0.2) is 19.3 Å². The van der Waals surface area contributed by atoms with Gasteiger partial charge in [0.1, 0.15) is 0 Å². The molecular formula is C24H21N3O4S. The highest BCUT2D eigenvalue weighted by Gasteiger charge is 2.17. The third-order valence-corrected chi connectivity index (χ3v) is 5.56. The minimum Gasteiger partial charge on any atom is -0.436 e. The topological polar surface area (TPSA) is 115 Å². The van der Waals surface area contributed by atoms with E-state index < -0.39 is 10.0 Å². The SMILES string of the molecule is Cc1ccc(-c2cnc(-c3ccccc3C(=O)Nc3ccc(CS(N)(=O)=O)cc3)o2)cc1. The van der Waals surface area contributed by atoms with Crippen molar-refractivity contribution in [1.29, 1.82) is 0 Å². The van der Waals surface area contributed by atoms with Crippen molar-refractivity contribution in [3.8, 4) is 22.8 Å². The lowest BCUT2D eigenvalue weighted by atomic mass is 10.1. The van der Waals surface area contributed by atoms with Crippen molar-refractivity contribution in [2.45, 2.75) is 12.7 Å². The standard InChI is InChI=1S/C24H21N3O4S/c1-16-6-10-18(11-7-16)22-14-26-24(31-22)21-5-3-2-4-20(21)23(28)27-19-12-8-17(9-13-19)15-32(25,29)30/h2-14H,15H2,1H3,(H,27,28)(H2,25,29,30). The highest BCUT2D eigenvalue weighted by Crippen LogP contribution is 2.29. The fraction of sp³-hybridized carbons (Fsp3) is 0.0833. The molecule has 0 atom stereocenters. The highest BCUT2D eigenvalue weighted by atomic mass is 32.2. The molecule has 0 aliphatic heterocycles. The maximum Gasteiger partial charge on any atom is 0.256 e. The maximum atomic E-state index is 12.9. The van der Waals surface area contributed by atoms with Crippen LogP contribution in [0, 0.1) is 6.92 Å². The molecule has 0 aliphatic carbocycles. The maximum absolute atomic E-state index is 12.9. The van der Waals surface area contributed by atoms with E-state index in [0.717, 1.165) is 11.1 Å². The average Bonchev–Trinajstić information content (AvgIpc) is 3.25. The van der Waals surface area contributed by atoms with E-state index in [-0.39, 0.29) is 11.7 Å². The van der Waals surface area contributed by atoms with Gasteiger partial charge in [-0.25, -0.2) is 18.5 Å². The largest absolute Gasteiger partial charge is 0.436 e. The normalized spacial score (nSPS) is 11.3. The van der Waals surface area contributed by atoms with Gasteiger partial charge in [0.15, 0.2) is 5.76 Å². The molecular weight excluding hydrogens is 426 g/mol. The van der Waals surface area contributed by atoms with Crippen LogP contribution in [0.4, 0.5) is 5.69 Å².